The number of aromatic amines is 1. The van der Waals surface area contributed by atoms with E-state index in [9.17, 15) is 8.42 Å². The van der Waals surface area contributed by atoms with Crippen molar-refractivity contribution in [3.8, 4) is 0 Å². The van der Waals surface area contributed by atoms with Gasteiger partial charge in [0.25, 0.3) is 0 Å². The van der Waals surface area contributed by atoms with Gasteiger partial charge in [-0.25, -0.2) is 18.1 Å². The van der Waals surface area contributed by atoms with Gasteiger partial charge in [0.1, 0.15) is 10.5 Å². The first kappa shape index (κ1) is 13.5. The van der Waals surface area contributed by atoms with E-state index in [0.717, 1.165) is 19.4 Å². The molecule has 0 saturated carbocycles. The number of piperidine rings is 1. The van der Waals surface area contributed by atoms with E-state index >= 15 is 0 Å². The first-order chi connectivity index (χ1) is 9.58. The lowest BCUT2D eigenvalue weighted by Gasteiger charge is -2.30. The predicted octanol–water partition coefficient (Wildman–Crippen LogP) is 0.982. The number of fused-ring (bicyclic) bond motifs is 1. The molecule has 0 aromatic carbocycles. The summed E-state index contributed by atoms with van der Waals surface area (Å²) in [5.41, 5.74) is 0.586. The van der Waals surface area contributed by atoms with Gasteiger partial charge in [0.15, 0.2) is 0 Å². The summed E-state index contributed by atoms with van der Waals surface area (Å²) in [6, 6.07) is 3.56. The Morgan fingerprint density at radius 1 is 1.45 bits per heavy atom. The second kappa shape index (κ2) is 5.16. The van der Waals surface area contributed by atoms with E-state index < -0.39 is 10.0 Å². The van der Waals surface area contributed by atoms with Crippen LogP contribution in [0.15, 0.2) is 29.4 Å². The molecule has 0 radical (unpaired) electrons. The highest BCUT2D eigenvalue weighted by Gasteiger charge is 2.28. The molecule has 1 fully saturated rings. The van der Waals surface area contributed by atoms with Crippen LogP contribution in [0.3, 0.4) is 0 Å². The summed E-state index contributed by atoms with van der Waals surface area (Å²) in [4.78, 5) is 7.28. The van der Waals surface area contributed by atoms with E-state index in [0.29, 0.717) is 11.0 Å². The molecule has 2 atom stereocenters. The summed E-state index contributed by atoms with van der Waals surface area (Å²) in [5, 5.41) is 3.91. The number of H-pyrrole nitrogens is 1. The Hall–Kier alpha value is -1.44. The van der Waals surface area contributed by atoms with Crippen molar-refractivity contribution < 1.29 is 8.42 Å². The van der Waals surface area contributed by atoms with Crippen LogP contribution in [0.2, 0.25) is 0 Å². The van der Waals surface area contributed by atoms with Gasteiger partial charge in [-0.3, -0.25) is 0 Å². The minimum absolute atomic E-state index is 0.0737. The molecule has 0 bridgehead atoms. The van der Waals surface area contributed by atoms with Crippen molar-refractivity contribution in [3.05, 3.63) is 24.5 Å². The molecule has 0 amide bonds. The van der Waals surface area contributed by atoms with Crippen LogP contribution in [0.5, 0.6) is 0 Å². The number of rotatable bonds is 3. The summed E-state index contributed by atoms with van der Waals surface area (Å²) >= 11 is 0. The van der Waals surface area contributed by atoms with E-state index in [4.69, 9.17) is 0 Å². The number of nitrogens with one attached hydrogen (secondary N) is 3. The Labute approximate surface area is 118 Å². The Kier molecular flexibility index (Phi) is 3.49. The number of nitrogens with zero attached hydrogens (tertiary/aromatic N) is 1. The Bertz CT molecular complexity index is 710. The second-order valence-electron chi connectivity index (χ2n) is 5.17. The van der Waals surface area contributed by atoms with Crippen molar-refractivity contribution in [2.45, 2.75) is 36.7 Å². The molecule has 6 nitrogen and oxygen atoms in total. The van der Waals surface area contributed by atoms with Gasteiger partial charge < -0.3 is 10.3 Å². The van der Waals surface area contributed by atoms with Crippen LogP contribution in [0.4, 0.5) is 0 Å². The van der Waals surface area contributed by atoms with Crippen molar-refractivity contribution in [2.24, 2.45) is 0 Å². The van der Waals surface area contributed by atoms with E-state index in [2.05, 4.69) is 20.0 Å². The molecule has 7 heteroatoms. The Morgan fingerprint density at radius 3 is 3.10 bits per heavy atom. The average Bonchev–Trinajstić information content (AvgIpc) is 2.86. The molecular formula is C13H18N4O2S. The van der Waals surface area contributed by atoms with Gasteiger partial charge in [-0.05, 0) is 38.4 Å². The number of sulfonamides is 1. The lowest BCUT2D eigenvalue weighted by molar-refractivity contribution is 0.349. The van der Waals surface area contributed by atoms with Gasteiger partial charge >= 0.3 is 0 Å². The van der Waals surface area contributed by atoms with Gasteiger partial charge in [0, 0.05) is 29.9 Å². The lowest BCUT2D eigenvalue weighted by atomic mass is 10.0. The molecule has 108 valence electrons. The topological polar surface area (TPSA) is 86.9 Å². The summed E-state index contributed by atoms with van der Waals surface area (Å²) < 4.78 is 27.9. The molecule has 2 aromatic heterocycles. The molecule has 3 rings (SSSR count). The number of hydrogen-bond acceptors (Lipinski definition) is 4. The SMILES string of the molecule is CC1NCCCC1NS(=O)(=O)c1c[nH]c2ncccc12. The quantitative estimate of drug-likeness (QED) is 0.787. The lowest BCUT2D eigenvalue weighted by Crippen LogP contribution is -2.51. The van der Waals surface area contributed by atoms with Gasteiger partial charge in [0.2, 0.25) is 10.0 Å². The fourth-order valence-corrected chi connectivity index (χ4v) is 4.14. The maximum Gasteiger partial charge on any atom is 0.243 e. The van der Waals surface area contributed by atoms with Crippen LogP contribution in [-0.2, 0) is 10.0 Å². The number of pyridine rings is 1. The van der Waals surface area contributed by atoms with Crippen LogP contribution in [0.25, 0.3) is 11.0 Å². The van der Waals surface area contributed by atoms with Crippen LogP contribution >= 0.6 is 0 Å². The van der Waals surface area contributed by atoms with Crippen molar-refractivity contribution >= 4 is 21.1 Å². The zero-order valence-corrected chi connectivity index (χ0v) is 12.1. The highest BCUT2D eigenvalue weighted by atomic mass is 32.2. The fraction of sp³-hybridized carbons (Fsp3) is 0.462. The van der Waals surface area contributed by atoms with Crippen molar-refractivity contribution in [1.82, 2.24) is 20.0 Å². The van der Waals surface area contributed by atoms with Crippen molar-refractivity contribution in [3.63, 3.8) is 0 Å². The molecule has 1 aliphatic rings. The van der Waals surface area contributed by atoms with E-state index in [1.807, 2.05) is 6.92 Å². The zero-order chi connectivity index (χ0) is 14.2. The van der Waals surface area contributed by atoms with E-state index in [-0.39, 0.29) is 17.0 Å². The maximum atomic E-state index is 12.5. The van der Waals surface area contributed by atoms with Gasteiger partial charge in [-0.15, -0.1) is 0 Å². The monoisotopic (exact) mass is 294 g/mol. The van der Waals surface area contributed by atoms with Gasteiger partial charge in [-0.2, -0.15) is 0 Å². The Balaban J connectivity index is 1.91. The normalized spacial score (nSPS) is 24.1. The van der Waals surface area contributed by atoms with Crippen LogP contribution in [0.1, 0.15) is 19.8 Å². The molecule has 1 saturated heterocycles. The average molecular weight is 294 g/mol. The molecule has 0 spiro atoms. The molecule has 1 aliphatic heterocycles. The molecule has 3 N–H and O–H groups in total. The molecular weight excluding hydrogens is 276 g/mol. The largest absolute Gasteiger partial charge is 0.345 e. The Morgan fingerprint density at radius 2 is 2.30 bits per heavy atom. The highest BCUT2D eigenvalue weighted by molar-refractivity contribution is 7.89. The summed E-state index contributed by atoms with van der Waals surface area (Å²) in [5.74, 6) is 0. The van der Waals surface area contributed by atoms with Crippen LogP contribution in [0, 0.1) is 0 Å². The van der Waals surface area contributed by atoms with E-state index in [1.54, 1.807) is 18.3 Å². The third-order valence-corrected chi connectivity index (χ3v) is 5.30. The highest BCUT2D eigenvalue weighted by Crippen LogP contribution is 2.22. The number of aromatic nitrogens is 2. The zero-order valence-electron chi connectivity index (χ0n) is 11.3. The van der Waals surface area contributed by atoms with Gasteiger partial charge in [-0.1, -0.05) is 0 Å². The molecule has 20 heavy (non-hydrogen) atoms. The molecule has 2 aromatic rings. The van der Waals surface area contributed by atoms with Crippen molar-refractivity contribution in [2.75, 3.05) is 6.54 Å². The molecule has 2 unspecified atom stereocenters. The molecule has 0 aliphatic carbocycles. The van der Waals surface area contributed by atoms with Crippen LogP contribution < -0.4 is 10.0 Å². The van der Waals surface area contributed by atoms with E-state index in [1.165, 1.54) is 6.20 Å². The standard InChI is InChI=1S/C13H18N4O2S/c1-9-11(5-3-6-14-9)17-20(18,19)12-8-16-13-10(12)4-2-7-15-13/h2,4,7-9,11,14,17H,3,5-6H2,1H3,(H,15,16). The summed E-state index contributed by atoms with van der Waals surface area (Å²) in [7, 11) is -3.54. The minimum Gasteiger partial charge on any atom is -0.345 e. The first-order valence-corrected chi connectivity index (χ1v) is 8.24. The van der Waals surface area contributed by atoms with Crippen molar-refractivity contribution in [1.29, 1.82) is 0 Å². The van der Waals surface area contributed by atoms with Gasteiger partial charge in [0.05, 0.1) is 0 Å². The smallest absolute Gasteiger partial charge is 0.243 e. The van der Waals surface area contributed by atoms with Crippen LogP contribution in [-0.4, -0.2) is 37.0 Å². The maximum absolute atomic E-state index is 12.5. The summed E-state index contributed by atoms with van der Waals surface area (Å²) in [6.45, 7) is 2.94. The minimum atomic E-state index is -3.54. The third kappa shape index (κ3) is 2.44. The predicted molar refractivity (Wildman–Crippen MR) is 76.9 cm³/mol. The summed E-state index contributed by atoms with van der Waals surface area (Å²) in [6.07, 6.45) is 4.97. The number of hydrogen-bond donors (Lipinski definition) is 3. The molecule has 3 heterocycles. The third-order valence-electron chi connectivity index (χ3n) is 3.77. The second-order valence-corrected chi connectivity index (χ2v) is 6.85. The first-order valence-electron chi connectivity index (χ1n) is 6.76. The fourth-order valence-electron chi connectivity index (χ4n) is 2.62.